The van der Waals surface area contributed by atoms with Crippen molar-refractivity contribution in [2.24, 2.45) is 0 Å². The van der Waals surface area contributed by atoms with E-state index in [-0.39, 0.29) is 0 Å². The Balaban J connectivity index is 1.19. The van der Waals surface area contributed by atoms with Crippen LogP contribution in [0.25, 0.3) is 21.3 Å². The molecule has 3 aromatic heterocycles. The molecule has 0 atom stereocenters. The lowest BCUT2D eigenvalue weighted by Crippen LogP contribution is -2.44. The number of hydrogen-bond donors (Lipinski definition) is 1. The summed E-state index contributed by atoms with van der Waals surface area (Å²) in [6.45, 7) is 4.13. The van der Waals surface area contributed by atoms with Crippen molar-refractivity contribution in [3.8, 4) is 22.6 Å². The third kappa shape index (κ3) is 5.15. The zero-order chi connectivity index (χ0) is 24.3. The van der Waals surface area contributed by atoms with Gasteiger partial charge in [0.05, 0.1) is 10.2 Å². The highest BCUT2D eigenvalue weighted by Gasteiger charge is 2.17. The van der Waals surface area contributed by atoms with Crippen molar-refractivity contribution in [1.29, 1.82) is 0 Å². The maximum atomic E-state index is 6.36. The number of likely N-dealkylation sites (N-methyl/N-ethyl adjacent to an activating group) is 1. The first-order valence-corrected chi connectivity index (χ1v) is 13.7. The molecular formula is C28H32N6OS. The summed E-state index contributed by atoms with van der Waals surface area (Å²) in [5, 5.41) is 4.65. The number of pyridine rings is 2. The minimum Gasteiger partial charge on any atom is -0.457 e. The molecule has 186 valence electrons. The van der Waals surface area contributed by atoms with E-state index in [2.05, 4.69) is 45.3 Å². The number of piperazine rings is 1. The van der Waals surface area contributed by atoms with E-state index in [9.17, 15) is 0 Å². The fourth-order valence-electron chi connectivity index (χ4n) is 5.03. The zero-order valence-electron chi connectivity index (χ0n) is 20.7. The molecule has 36 heavy (non-hydrogen) atoms. The Labute approximate surface area is 216 Å². The Morgan fingerprint density at radius 3 is 2.64 bits per heavy atom. The summed E-state index contributed by atoms with van der Waals surface area (Å²) in [6.07, 6.45) is 12.0. The van der Waals surface area contributed by atoms with Crippen LogP contribution < -0.4 is 15.0 Å². The molecule has 0 bridgehead atoms. The van der Waals surface area contributed by atoms with Gasteiger partial charge in [0.2, 0.25) is 0 Å². The lowest BCUT2D eigenvalue weighted by atomic mass is 9.96. The van der Waals surface area contributed by atoms with Crippen molar-refractivity contribution in [2.75, 3.05) is 43.4 Å². The topological polar surface area (TPSA) is 66.4 Å². The number of anilines is 2. The first kappa shape index (κ1) is 23.2. The lowest BCUT2D eigenvalue weighted by Gasteiger charge is -2.33. The number of rotatable bonds is 6. The van der Waals surface area contributed by atoms with Crippen molar-refractivity contribution in [3.63, 3.8) is 0 Å². The Morgan fingerprint density at radius 1 is 0.972 bits per heavy atom. The minimum absolute atomic E-state index is 0.547. The molecule has 1 aromatic carbocycles. The van der Waals surface area contributed by atoms with Gasteiger partial charge < -0.3 is 19.9 Å². The molecule has 7 nitrogen and oxygen atoms in total. The molecule has 0 spiro atoms. The fourth-order valence-corrected chi connectivity index (χ4v) is 6.01. The minimum atomic E-state index is 0.547. The SMILES string of the molecule is CN1CCN(c2ccc(-c3cnccc3Oc3ccc4nc(NC5CCCCC5)sc4c3)cn2)CC1. The molecule has 2 fully saturated rings. The maximum Gasteiger partial charge on any atom is 0.184 e. The maximum absolute atomic E-state index is 6.36. The van der Waals surface area contributed by atoms with Crippen molar-refractivity contribution < 1.29 is 4.74 Å². The van der Waals surface area contributed by atoms with Gasteiger partial charge in [-0.2, -0.15) is 0 Å². The molecular weight excluding hydrogens is 468 g/mol. The van der Waals surface area contributed by atoms with Crippen molar-refractivity contribution in [1.82, 2.24) is 19.9 Å². The van der Waals surface area contributed by atoms with Gasteiger partial charge in [-0.05, 0) is 50.2 Å². The van der Waals surface area contributed by atoms with Crippen molar-refractivity contribution >= 4 is 32.5 Å². The van der Waals surface area contributed by atoms with E-state index in [0.29, 0.717) is 6.04 Å². The molecule has 1 aliphatic carbocycles. The second-order valence-corrected chi connectivity index (χ2v) is 10.8. The predicted molar refractivity (Wildman–Crippen MR) is 147 cm³/mol. The molecule has 0 radical (unpaired) electrons. The van der Waals surface area contributed by atoms with E-state index in [1.165, 1.54) is 32.1 Å². The highest BCUT2D eigenvalue weighted by Crippen LogP contribution is 2.36. The molecule has 1 N–H and O–H groups in total. The summed E-state index contributed by atoms with van der Waals surface area (Å²) in [5.41, 5.74) is 2.93. The van der Waals surface area contributed by atoms with Gasteiger partial charge in [-0.25, -0.2) is 9.97 Å². The summed E-state index contributed by atoms with van der Waals surface area (Å²) >= 11 is 1.70. The van der Waals surface area contributed by atoms with Gasteiger partial charge in [0, 0.05) is 68.0 Å². The Hall–Kier alpha value is -3.23. The van der Waals surface area contributed by atoms with Crippen LogP contribution in [0.15, 0.2) is 55.0 Å². The zero-order valence-corrected chi connectivity index (χ0v) is 21.5. The number of thiazole rings is 1. The average molecular weight is 501 g/mol. The number of fused-ring (bicyclic) bond motifs is 1. The van der Waals surface area contributed by atoms with Crippen LogP contribution in [0.4, 0.5) is 10.9 Å². The molecule has 0 unspecified atom stereocenters. The van der Waals surface area contributed by atoms with E-state index < -0.39 is 0 Å². The molecule has 8 heteroatoms. The van der Waals surface area contributed by atoms with Crippen LogP contribution in [0.2, 0.25) is 0 Å². The standard InChI is InChI=1S/C28H32N6OS/c1-33-13-15-34(16-14-33)27-10-7-20(18-30-27)23-19-29-12-11-25(23)35-22-8-9-24-26(17-22)36-28(32-24)31-21-5-3-2-4-6-21/h7-12,17-19,21H,2-6,13-16H2,1H3,(H,31,32). The Bertz CT molecular complexity index is 1310. The molecule has 0 amide bonds. The van der Waals surface area contributed by atoms with Gasteiger partial charge in [0.1, 0.15) is 17.3 Å². The van der Waals surface area contributed by atoms with E-state index in [4.69, 9.17) is 14.7 Å². The molecule has 1 aliphatic heterocycles. The third-order valence-corrected chi connectivity index (χ3v) is 8.14. The number of nitrogens with zero attached hydrogens (tertiary/aromatic N) is 5. The van der Waals surface area contributed by atoms with E-state index in [0.717, 1.165) is 70.0 Å². The first-order valence-electron chi connectivity index (χ1n) is 12.9. The van der Waals surface area contributed by atoms with E-state index in [1.54, 1.807) is 17.5 Å². The molecule has 1 saturated heterocycles. The normalized spacial score (nSPS) is 17.4. The summed E-state index contributed by atoms with van der Waals surface area (Å²) < 4.78 is 7.49. The molecule has 4 aromatic rings. The monoisotopic (exact) mass is 500 g/mol. The second-order valence-electron chi connectivity index (χ2n) is 9.80. The van der Waals surface area contributed by atoms with Crippen LogP contribution in [-0.4, -0.2) is 59.1 Å². The number of ether oxygens (including phenoxy) is 1. The van der Waals surface area contributed by atoms with Gasteiger partial charge in [0.15, 0.2) is 5.13 Å². The predicted octanol–water partition coefficient (Wildman–Crippen LogP) is 6.04. The van der Waals surface area contributed by atoms with Crippen LogP contribution >= 0.6 is 11.3 Å². The molecule has 2 aliphatic rings. The summed E-state index contributed by atoms with van der Waals surface area (Å²) in [7, 11) is 2.16. The van der Waals surface area contributed by atoms with E-state index in [1.807, 2.05) is 30.6 Å². The number of nitrogens with one attached hydrogen (secondary N) is 1. The smallest absolute Gasteiger partial charge is 0.184 e. The van der Waals surface area contributed by atoms with Crippen LogP contribution in [0.1, 0.15) is 32.1 Å². The lowest BCUT2D eigenvalue weighted by molar-refractivity contribution is 0.312. The van der Waals surface area contributed by atoms with Crippen LogP contribution in [0.5, 0.6) is 11.5 Å². The van der Waals surface area contributed by atoms with Gasteiger partial charge in [-0.3, -0.25) is 4.98 Å². The first-order chi connectivity index (χ1) is 17.7. The Morgan fingerprint density at radius 2 is 1.83 bits per heavy atom. The van der Waals surface area contributed by atoms with Gasteiger partial charge >= 0.3 is 0 Å². The summed E-state index contributed by atoms with van der Waals surface area (Å²) in [4.78, 5) is 18.6. The van der Waals surface area contributed by atoms with Crippen LogP contribution in [0, 0.1) is 0 Å². The fraction of sp³-hybridized carbons (Fsp3) is 0.393. The van der Waals surface area contributed by atoms with Crippen molar-refractivity contribution in [3.05, 3.63) is 55.0 Å². The van der Waals surface area contributed by atoms with Gasteiger partial charge in [0.25, 0.3) is 0 Å². The average Bonchev–Trinajstić information content (AvgIpc) is 3.32. The van der Waals surface area contributed by atoms with Crippen LogP contribution in [0.3, 0.4) is 0 Å². The summed E-state index contributed by atoms with van der Waals surface area (Å²) in [6, 6.07) is 12.8. The molecule has 6 rings (SSSR count). The van der Waals surface area contributed by atoms with Crippen molar-refractivity contribution in [2.45, 2.75) is 38.1 Å². The largest absolute Gasteiger partial charge is 0.457 e. The highest BCUT2D eigenvalue weighted by molar-refractivity contribution is 7.22. The highest BCUT2D eigenvalue weighted by atomic mass is 32.1. The summed E-state index contributed by atoms with van der Waals surface area (Å²) in [5.74, 6) is 2.58. The van der Waals surface area contributed by atoms with Crippen LogP contribution in [-0.2, 0) is 0 Å². The molecule has 4 heterocycles. The number of benzene rings is 1. The number of aromatic nitrogens is 3. The van der Waals surface area contributed by atoms with Gasteiger partial charge in [-0.1, -0.05) is 30.6 Å². The second kappa shape index (κ2) is 10.4. The molecule has 1 saturated carbocycles. The van der Waals surface area contributed by atoms with E-state index >= 15 is 0 Å². The van der Waals surface area contributed by atoms with Gasteiger partial charge in [-0.15, -0.1) is 0 Å². The third-order valence-electron chi connectivity index (χ3n) is 7.19. The number of hydrogen-bond acceptors (Lipinski definition) is 8. The Kier molecular flexibility index (Phi) is 6.70. The quantitative estimate of drug-likeness (QED) is 0.346.